The highest BCUT2D eigenvalue weighted by molar-refractivity contribution is 8.00. The summed E-state index contributed by atoms with van der Waals surface area (Å²) in [6, 6.07) is 7.36. The van der Waals surface area contributed by atoms with E-state index in [2.05, 4.69) is 40.5 Å². The molecule has 1 saturated heterocycles. The van der Waals surface area contributed by atoms with Crippen LogP contribution in [0.4, 0.5) is 9.52 Å². The number of benzene rings is 1. The first kappa shape index (κ1) is 28.4. The summed E-state index contributed by atoms with van der Waals surface area (Å²) < 4.78 is 18.5. The first-order valence-electron chi connectivity index (χ1n) is 12.3. The number of amides is 2. The van der Waals surface area contributed by atoms with Crippen LogP contribution in [0.1, 0.15) is 12.2 Å². The largest absolute Gasteiger partial charge is 0.477 e. The summed E-state index contributed by atoms with van der Waals surface area (Å²) in [5.74, 6) is -2.33. The van der Waals surface area contributed by atoms with E-state index in [0.717, 1.165) is 23.7 Å². The van der Waals surface area contributed by atoms with Crippen LogP contribution in [-0.2, 0) is 14.4 Å². The Hall–Kier alpha value is -4.69. The number of nitrogens with zero attached hydrogens (tertiary/aromatic N) is 9. The van der Waals surface area contributed by atoms with Gasteiger partial charge >= 0.3 is 5.97 Å². The van der Waals surface area contributed by atoms with E-state index in [-0.39, 0.29) is 28.1 Å². The number of hydrogen-bond donors (Lipinski definition) is 3. The van der Waals surface area contributed by atoms with Gasteiger partial charge in [0.25, 0.3) is 11.8 Å². The lowest BCUT2D eigenvalue weighted by molar-refractivity contribution is -0.150. The highest BCUT2D eigenvalue weighted by Crippen LogP contribution is 2.41. The summed E-state index contributed by atoms with van der Waals surface area (Å²) in [7, 11) is 0. The van der Waals surface area contributed by atoms with Gasteiger partial charge in [-0.1, -0.05) is 5.16 Å². The first-order chi connectivity index (χ1) is 20.8. The number of nitrogens with two attached hydrogens (primary N) is 1. The third-order valence-electron chi connectivity index (χ3n) is 6.16. The Bertz CT molecular complexity index is 1790. The van der Waals surface area contributed by atoms with Gasteiger partial charge in [0.15, 0.2) is 16.5 Å². The summed E-state index contributed by atoms with van der Waals surface area (Å²) in [5, 5.41) is 31.9. The van der Waals surface area contributed by atoms with Crippen LogP contribution in [-0.4, -0.2) is 91.0 Å². The van der Waals surface area contributed by atoms with Crippen molar-refractivity contribution in [1.82, 2.24) is 44.8 Å². The fourth-order valence-electron chi connectivity index (χ4n) is 4.18. The number of fused-ring (bicyclic) bond motifs is 2. The maximum Gasteiger partial charge on any atom is 0.352 e. The zero-order valence-corrected chi connectivity index (χ0v) is 24.0. The number of carbonyl (C=O) groups is 3. The van der Waals surface area contributed by atoms with Crippen molar-refractivity contribution in [2.24, 2.45) is 5.16 Å². The third-order valence-corrected chi connectivity index (χ3v) is 8.96. The highest BCUT2D eigenvalue weighted by Gasteiger charge is 2.54. The SMILES string of the molecule is Nc1nc(C(=NOc2ccc(F)cc2)C(=O)NC2C(=O)N3C(C(=O)O)=C(CCSc4ccc5nnnn5n4)CS[C@@H]23)ns1. The number of nitrogens with one attached hydrogen (secondary N) is 1. The van der Waals surface area contributed by atoms with Gasteiger partial charge < -0.3 is 21.0 Å². The van der Waals surface area contributed by atoms with Crippen molar-refractivity contribution in [1.29, 1.82) is 0 Å². The van der Waals surface area contributed by atoms with Crippen LogP contribution < -0.4 is 15.9 Å². The van der Waals surface area contributed by atoms with E-state index in [1.54, 1.807) is 12.1 Å². The van der Waals surface area contributed by atoms with Gasteiger partial charge in [0.2, 0.25) is 11.5 Å². The van der Waals surface area contributed by atoms with Gasteiger partial charge in [0, 0.05) is 23.0 Å². The van der Waals surface area contributed by atoms with Crippen LogP contribution in [0.25, 0.3) is 5.65 Å². The van der Waals surface area contributed by atoms with Crippen LogP contribution in [0.15, 0.2) is 57.9 Å². The van der Waals surface area contributed by atoms with Crippen LogP contribution in [0.5, 0.6) is 5.75 Å². The number of aromatic nitrogens is 7. The lowest BCUT2D eigenvalue weighted by Crippen LogP contribution is -2.71. The number of carboxylic acid groups (broad SMARTS) is 1. The fourth-order valence-corrected chi connectivity index (χ4v) is 6.86. The number of carbonyl (C=O) groups excluding carboxylic acids is 2. The van der Waals surface area contributed by atoms with Gasteiger partial charge in [0.05, 0.1) is 0 Å². The van der Waals surface area contributed by atoms with Crippen molar-refractivity contribution in [3.63, 3.8) is 0 Å². The molecule has 3 aromatic heterocycles. The van der Waals surface area contributed by atoms with Gasteiger partial charge in [-0.2, -0.15) is 9.36 Å². The molecule has 0 bridgehead atoms. The Balaban J connectivity index is 1.14. The van der Waals surface area contributed by atoms with Crippen molar-refractivity contribution >= 4 is 69.3 Å². The molecule has 2 aliphatic rings. The monoisotopic (exact) mass is 643 g/mol. The van der Waals surface area contributed by atoms with Gasteiger partial charge in [-0.05, 0) is 58.8 Å². The van der Waals surface area contributed by atoms with E-state index in [1.807, 2.05) is 0 Å². The van der Waals surface area contributed by atoms with Crippen molar-refractivity contribution in [3.8, 4) is 5.75 Å². The number of rotatable bonds is 10. The molecule has 4 N–H and O–H groups in total. The molecule has 2 amide bonds. The van der Waals surface area contributed by atoms with Crippen molar-refractivity contribution in [2.75, 3.05) is 17.2 Å². The third kappa shape index (κ3) is 5.83. The average molecular weight is 644 g/mol. The van der Waals surface area contributed by atoms with Crippen molar-refractivity contribution in [3.05, 3.63) is 59.3 Å². The van der Waals surface area contributed by atoms with Crippen molar-refractivity contribution in [2.45, 2.75) is 22.9 Å². The predicted molar refractivity (Wildman–Crippen MR) is 151 cm³/mol. The Kier molecular flexibility index (Phi) is 7.86. The van der Waals surface area contributed by atoms with Crippen LogP contribution in [0.3, 0.4) is 0 Å². The van der Waals surface area contributed by atoms with Gasteiger partial charge in [0.1, 0.15) is 28.0 Å². The number of halogens is 1. The second-order valence-corrected chi connectivity index (χ2v) is 11.9. The van der Waals surface area contributed by atoms with E-state index in [9.17, 15) is 23.9 Å². The second kappa shape index (κ2) is 11.9. The molecule has 5 heterocycles. The van der Waals surface area contributed by atoms with E-state index in [1.165, 1.54) is 45.2 Å². The molecule has 6 rings (SSSR count). The Morgan fingerprint density at radius 2 is 2.07 bits per heavy atom. The topological polar surface area (TPSA) is 216 Å². The number of carboxylic acids is 1. The number of nitrogen functional groups attached to an aromatic ring is 1. The van der Waals surface area contributed by atoms with E-state index < -0.39 is 35.0 Å². The minimum atomic E-state index is -1.24. The quantitative estimate of drug-likeness (QED) is 0.0943. The maximum atomic E-state index is 13.2. The first-order valence-corrected chi connectivity index (χ1v) is 15.1. The minimum Gasteiger partial charge on any atom is -0.477 e. The van der Waals surface area contributed by atoms with Crippen LogP contribution in [0, 0.1) is 5.82 Å². The molecule has 20 heteroatoms. The summed E-state index contributed by atoms with van der Waals surface area (Å²) in [4.78, 5) is 49.1. The molecule has 1 fully saturated rings. The molecule has 0 spiro atoms. The molecule has 43 heavy (non-hydrogen) atoms. The van der Waals surface area contributed by atoms with Crippen LogP contribution >= 0.6 is 35.1 Å². The molecule has 2 atom stereocenters. The molecular formula is C23H18FN11O5S3. The highest BCUT2D eigenvalue weighted by atomic mass is 32.2. The minimum absolute atomic E-state index is 0.0691. The van der Waals surface area contributed by atoms with E-state index >= 15 is 0 Å². The normalized spacial score (nSPS) is 18.4. The molecule has 4 aromatic rings. The lowest BCUT2D eigenvalue weighted by atomic mass is 10.0. The Morgan fingerprint density at radius 3 is 2.81 bits per heavy atom. The number of tetrazole rings is 1. The molecule has 1 aromatic carbocycles. The number of aliphatic carboxylic acids is 1. The molecule has 0 saturated carbocycles. The molecule has 16 nitrogen and oxygen atoms in total. The second-order valence-electron chi connectivity index (χ2n) is 8.86. The van der Waals surface area contributed by atoms with E-state index in [4.69, 9.17) is 10.6 Å². The molecule has 220 valence electrons. The fraction of sp³-hybridized carbons (Fsp3) is 0.217. The molecule has 0 radical (unpaired) electrons. The standard InChI is InChI=1S/C23H18FN11O5S3/c24-11-1-3-12(4-2-11)40-30-15(18-27-23(25)43-31-18)19(36)26-16-20(37)34-17(22(38)39)10(9-42-21(16)34)7-8-41-14-6-5-13-28-32-33-35(13)29-14/h1-6,16,21H,7-9H2,(H,26,36)(H,38,39)(H2,25,27,31)/t16?,21-/m0/s1. The summed E-state index contributed by atoms with van der Waals surface area (Å²) >= 11 is 3.55. The average Bonchev–Trinajstić information content (AvgIpc) is 3.65. The molecule has 1 unspecified atom stereocenters. The Morgan fingerprint density at radius 1 is 1.26 bits per heavy atom. The lowest BCUT2D eigenvalue weighted by Gasteiger charge is -2.49. The molecule has 2 aliphatic heterocycles. The van der Waals surface area contributed by atoms with Gasteiger partial charge in [-0.15, -0.1) is 38.4 Å². The summed E-state index contributed by atoms with van der Waals surface area (Å²) in [6.45, 7) is 0. The van der Waals surface area contributed by atoms with E-state index in [0.29, 0.717) is 34.2 Å². The maximum absolute atomic E-state index is 13.2. The molecule has 0 aliphatic carbocycles. The zero-order valence-electron chi connectivity index (χ0n) is 21.5. The van der Waals surface area contributed by atoms with Gasteiger partial charge in [-0.3, -0.25) is 14.5 Å². The van der Waals surface area contributed by atoms with Gasteiger partial charge in [-0.25, -0.2) is 9.18 Å². The number of hydrogen-bond acceptors (Lipinski definition) is 15. The number of oxime groups is 1. The van der Waals surface area contributed by atoms with Crippen LogP contribution in [0.2, 0.25) is 0 Å². The summed E-state index contributed by atoms with van der Waals surface area (Å²) in [6.07, 6.45) is 0.386. The predicted octanol–water partition coefficient (Wildman–Crippen LogP) is 0.796. The Labute approximate surface area is 252 Å². The molecular weight excluding hydrogens is 626 g/mol. The summed E-state index contributed by atoms with van der Waals surface area (Å²) in [5.41, 5.74) is 6.27. The zero-order chi connectivity index (χ0) is 30.1. The number of thioether (sulfide) groups is 2. The smallest absolute Gasteiger partial charge is 0.352 e. The number of β-lactam (4-membered cyclic amide) rings is 1. The number of anilines is 1. The van der Waals surface area contributed by atoms with Crippen molar-refractivity contribution < 1.29 is 28.7 Å².